The Labute approximate surface area is 151 Å². The van der Waals surface area contributed by atoms with E-state index in [4.69, 9.17) is 21.7 Å². The molecule has 2 N–H and O–H groups in total. The highest BCUT2D eigenvalue weighted by Gasteiger charge is 2.15. The van der Waals surface area contributed by atoms with Gasteiger partial charge < -0.3 is 20.1 Å². The minimum atomic E-state index is -0.307. The van der Waals surface area contributed by atoms with Gasteiger partial charge in [-0.05, 0) is 68.9 Å². The van der Waals surface area contributed by atoms with Gasteiger partial charge in [0.1, 0.15) is 10.6 Å². The number of nitrogens with one attached hydrogen (secondary N) is 2. The van der Waals surface area contributed by atoms with Gasteiger partial charge in [0.2, 0.25) is 0 Å². The van der Waals surface area contributed by atoms with E-state index in [9.17, 15) is 4.79 Å². The third-order valence-corrected chi connectivity index (χ3v) is 4.38. The predicted molar refractivity (Wildman–Crippen MR) is 102 cm³/mol. The van der Waals surface area contributed by atoms with Crippen molar-refractivity contribution in [2.24, 2.45) is 0 Å². The van der Waals surface area contributed by atoms with Gasteiger partial charge in [0, 0.05) is 5.69 Å². The van der Waals surface area contributed by atoms with Crippen LogP contribution in [0.4, 0.5) is 10.7 Å². The van der Waals surface area contributed by atoms with E-state index in [0.29, 0.717) is 23.2 Å². The number of hydrogen-bond acceptors (Lipinski definition) is 5. The van der Waals surface area contributed by atoms with Crippen molar-refractivity contribution in [2.75, 3.05) is 23.8 Å². The van der Waals surface area contributed by atoms with Gasteiger partial charge in [-0.1, -0.05) is 0 Å². The van der Waals surface area contributed by atoms with Gasteiger partial charge in [-0.15, -0.1) is 11.3 Å². The van der Waals surface area contributed by atoms with E-state index in [1.54, 1.807) is 6.92 Å². The van der Waals surface area contributed by atoms with E-state index in [1.165, 1.54) is 11.3 Å². The Morgan fingerprint density at radius 2 is 1.88 bits per heavy atom. The van der Waals surface area contributed by atoms with E-state index in [2.05, 4.69) is 10.6 Å². The van der Waals surface area contributed by atoms with Crippen LogP contribution in [0, 0.1) is 6.92 Å². The molecular formula is C17H20N2O3S2. The number of ether oxygens (including phenoxy) is 2. The Kier molecular flexibility index (Phi) is 6.57. The van der Waals surface area contributed by atoms with Gasteiger partial charge in [-0.2, -0.15) is 0 Å². The van der Waals surface area contributed by atoms with Gasteiger partial charge >= 0.3 is 5.97 Å². The maximum Gasteiger partial charge on any atom is 0.348 e. The van der Waals surface area contributed by atoms with Gasteiger partial charge in [-0.3, -0.25) is 0 Å². The SMILES string of the molecule is CCOC(=O)c1sc(NC(=S)Nc2ccc(OCC)cc2)cc1C. The van der Waals surface area contributed by atoms with Crippen LogP contribution in [0.1, 0.15) is 29.1 Å². The van der Waals surface area contributed by atoms with E-state index in [0.717, 1.165) is 22.0 Å². The molecular weight excluding hydrogens is 344 g/mol. The maximum atomic E-state index is 11.8. The summed E-state index contributed by atoms with van der Waals surface area (Å²) in [5.74, 6) is 0.508. The summed E-state index contributed by atoms with van der Waals surface area (Å²) in [6.45, 7) is 6.59. The number of thiophene rings is 1. The Morgan fingerprint density at radius 1 is 1.17 bits per heavy atom. The molecule has 1 aromatic carbocycles. The third-order valence-electron chi connectivity index (χ3n) is 3.04. The number of thiocarbonyl (C=S) groups is 1. The fourth-order valence-corrected chi connectivity index (χ4v) is 3.28. The average Bonchev–Trinajstić information content (AvgIpc) is 2.90. The van der Waals surface area contributed by atoms with Crippen LogP contribution < -0.4 is 15.4 Å². The van der Waals surface area contributed by atoms with Gasteiger partial charge in [-0.25, -0.2) is 4.79 Å². The smallest absolute Gasteiger partial charge is 0.348 e. The molecule has 0 fully saturated rings. The van der Waals surface area contributed by atoms with Crippen LogP contribution in [0.2, 0.25) is 0 Å². The molecule has 0 saturated heterocycles. The molecule has 24 heavy (non-hydrogen) atoms. The van der Waals surface area contributed by atoms with Crippen molar-refractivity contribution in [3.63, 3.8) is 0 Å². The van der Waals surface area contributed by atoms with Crippen LogP contribution in [-0.2, 0) is 4.74 Å². The molecule has 0 aliphatic rings. The van der Waals surface area contributed by atoms with Crippen LogP contribution in [0.3, 0.4) is 0 Å². The molecule has 2 rings (SSSR count). The van der Waals surface area contributed by atoms with Gasteiger partial charge in [0.05, 0.1) is 18.2 Å². The second-order valence-corrected chi connectivity index (χ2v) is 6.34. The minimum absolute atomic E-state index is 0.307. The van der Waals surface area contributed by atoms with E-state index in [-0.39, 0.29) is 5.97 Å². The lowest BCUT2D eigenvalue weighted by atomic mass is 10.3. The molecule has 128 valence electrons. The molecule has 1 heterocycles. The van der Waals surface area contributed by atoms with E-state index < -0.39 is 0 Å². The van der Waals surface area contributed by atoms with Crippen molar-refractivity contribution < 1.29 is 14.3 Å². The lowest BCUT2D eigenvalue weighted by Crippen LogP contribution is -2.18. The molecule has 1 aromatic heterocycles. The van der Waals surface area contributed by atoms with Crippen LogP contribution in [0.5, 0.6) is 5.75 Å². The molecule has 0 amide bonds. The lowest BCUT2D eigenvalue weighted by molar-refractivity contribution is 0.0531. The highest BCUT2D eigenvalue weighted by atomic mass is 32.1. The summed E-state index contributed by atoms with van der Waals surface area (Å²) in [6, 6.07) is 9.42. The van der Waals surface area contributed by atoms with Gasteiger partial charge in [0.25, 0.3) is 0 Å². The molecule has 0 saturated carbocycles. The van der Waals surface area contributed by atoms with Crippen molar-refractivity contribution >= 4 is 45.3 Å². The zero-order valence-corrected chi connectivity index (χ0v) is 15.5. The number of aryl methyl sites for hydroxylation is 1. The minimum Gasteiger partial charge on any atom is -0.494 e. The zero-order chi connectivity index (χ0) is 17.5. The third kappa shape index (κ3) is 4.94. The highest BCUT2D eigenvalue weighted by Crippen LogP contribution is 2.27. The first-order valence-electron chi connectivity index (χ1n) is 7.62. The second-order valence-electron chi connectivity index (χ2n) is 4.88. The summed E-state index contributed by atoms with van der Waals surface area (Å²) >= 11 is 6.63. The maximum absolute atomic E-state index is 11.8. The molecule has 0 bridgehead atoms. The summed E-state index contributed by atoms with van der Waals surface area (Å²) < 4.78 is 10.4. The normalized spacial score (nSPS) is 10.1. The second kappa shape index (κ2) is 8.65. The molecule has 0 aliphatic heterocycles. The highest BCUT2D eigenvalue weighted by molar-refractivity contribution is 7.80. The number of hydrogen-bond donors (Lipinski definition) is 2. The largest absolute Gasteiger partial charge is 0.494 e. The Hall–Kier alpha value is -2.12. The first-order valence-corrected chi connectivity index (χ1v) is 8.84. The van der Waals surface area contributed by atoms with E-state index >= 15 is 0 Å². The van der Waals surface area contributed by atoms with Crippen molar-refractivity contribution in [2.45, 2.75) is 20.8 Å². The number of anilines is 2. The van der Waals surface area contributed by atoms with Crippen LogP contribution in [-0.4, -0.2) is 24.3 Å². The standard InChI is InChI=1S/C17H20N2O3S2/c1-4-21-13-8-6-12(7-9-13)18-17(23)19-14-10-11(3)15(24-14)16(20)22-5-2/h6-10H,4-5H2,1-3H3,(H2,18,19,23). The molecule has 5 nitrogen and oxygen atoms in total. The fraction of sp³-hybridized carbons (Fsp3) is 0.294. The Balaban J connectivity index is 1.97. The summed E-state index contributed by atoms with van der Waals surface area (Å²) in [6.07, 6.45) is 0. The van der Waals surface area contributed by atoms with Crippen molar-refractivity contribution in [3.05, 3.63) is 40.8 Å². The molecule has 0 aliphatic carbocycles. The monoisotopic (exact) mass is 364 g/mol. The lowest BCUT2D eigenvalue weighted by Gasteiger charge is -2.10. The molecule has 0 radical (unpaired) electrons. The van der Waals surface area contributed by atoms with Crippen molar-refractivity contribution in [1.82, 2.24) is 0 Å². The molecule has 2 aromatic rings. The fourth-order valence-electron chi connectivity index (χ4n) is 2.02. The average molecular weight is 364 g/mol. The number of carbonyl (C=O) groups is 1. The topological polar surface area (TPSA) is 59.6 Å². The molecule has 7 heteroatoms. The van der Waals surface area contributed by atoms with Gasteiger partial charge in [0.15, 0.2) is 5.11 Å². The number of benzene rings is 1. The van der Waals surface area contributed by atoms with Crippen LogP contribution in [0.15, 0.2) is 30.3 Å². The zero-order valence-electron chi connectivity index (χ0n) is 13.8. The first kappa shape index (κ1) is 18.2. The van der Waals surface area contributed by atoms with Crippen molar-refractivity contribution in [1.29, 1.82) is 0 Å². The summed E-state index contributed by atoms with van der Waals surface area (Å²) in [5.41, 5.74) is 1.72. The molecule has 0 spiro atoms. The Bertz CT molecular complexity index is 711. The molecule has 0 unspecified atom stereocenters. The molecule has 0 atom stereocenters. The van der Waals surface area contributed by atoms with Crippen LogP contribution >= 0.6 is 23.6 Å². The van der Waals surface area contributed by atoms with E-state index in [1.807, 2.05) is 44.2 Å². The van der Waals surface area contributed by atoms with Crippen LogP contribution in [0.25, 0.3) is 0 Å². The summed E-state index contributed by atoms with van der Waals surface area (Å²) in [4.78, 5) is 12.4. The number of carbonyl (C=O) groups excluding carboxylic acids is 1. The first-order chi connectivity index (χ1) is 11.5. The summed E-state index contributed by atoms with van der Waals surface area (Å²) in [7, 11) is 0. The number of esters is 1. The number of rotatable bonds is 6. The summed E-state index contributed by atoms with van der Waals surface area (Å²) in [5, 5.41) is 7.43. The quantitative estimate of drug-likeness (QED) is 0.584. The predicted octanol–water partition coefficient (Wildman–Crippen LogP) is 4.44. The Morgan fingerprint density at radius 3 is 2.50 bits per heavy atom. The van der Waals surface area contributed by atoms with Crippen molar-refractivity contribution in [3.8, 4) is 5.75 Å².